The molecule has 1 amide bonds. The molecular weight excluding hydrogens is 519 g/mol. The van der Waals surface area contributed by atoms with Crippen molar-refractivity contribution in [2.75, 3.05) is 19.6 Å². The molecule has 2 aliphatic rings. The van der Waals surface area contributed by atoms with E-state index >= 15 is 0 Å². The van der Waals surface area contributed by atoms with E-state index in [1.165, 1.54) is 12.4 Å². The maximum Gasteiger partial charge on any atom is 0.451 e. The van der Waals surface area contributed by atoms with Crippen LogP contribution in [0.3, 0.4) is 0 Å². The number of pyridine rings is 1. The Morgan fingerprint density at radius 2 is 1.84 bits per heavy atom. The number of aliphatic hydroxyl groups is 1. The van der Waals surface area contributed by atoms with Gasteiger partial charge in [0, 0.05) is 41.5 Å². The van der Waals surface area contributed by atoms with Crippen LogP contribution in [0.15, 0.2) is 36.7 Å². The molecule has 7 nitrogen and oxygen atoms in total. The number of nitrogens with one attached hydrogen (secondary N) is 1. The van der Waals surface area contributed by atoms with Gasteiger partial charge >= 0.3 is 6.18 Å². The molecule has 1 saturated heterocycles. The van der Waals surface area contributed by atoms with Gasteiger partial charge in [0.1, 0.15) is 0 Å². The van der Waals surface area contributed by atoms with Gasteiger partial charge < -0.3 is 10.4 Å². The summed E-state index contributed by atoms with van der Waals surface area (Å²) in [4.78, 5) is 27.4. The number of benzene rings is 1. The number of amides is 1. The van der Waals surface area contributed by atoms with Crippen LogP contribution in [0.4, 0.5) is 13.2 Å². The van der Waals surface area contributed by atoms with E-state index in [1.807, 2.05) is 12.1 Å². The minimum atomic E-state index is -4.62. The highest BCUT2D eigenvalue weighted by molar-refractivity contribution is 6.35. The van der Waals surface area contributed by atoms with E-state index in [9.17, 15) is 23.1 Å². The lowest BCUT2D eigenvalue weighted by Crippen LogP contribution is -2.41. The number of alkyl halides is 3. The summed E-state index contributed by atoms with van der Waals surface area (Å²) >= 11 is 6.47. The summed E-state index contributed by atoms with van der Waals surface area (Å²) in [5.41, 5.74) is 2.34. The van der Waals surface area contributed by atoms with Crippen LogP contribution in [0.2, 0.25) is 5.02 Å². The number of aromatic nitrogens is 3. The maximum absolute atomic E-state index is 13.4. The molecule has 3 aromatic rings. The van der Waals surface area contributed by atoms with Gasteiger partial charge in [0.25, 0.3) is 5.91 Å². The standard InChI is InChI=1S/C27H29ClF3N5O2/c28-20-7-9-22-19(6-8-21(35-22)16-4-5-18(37)12-16)24(20)25(38)32-15-23(36-10-2-1-3-11-36)17-13-33-26(34-14-17)27(29,30)31/h6-9,13-14,16,18,23,37H,1-5,10-12,15H2,(H,32,38)/t16?,18-,23?/m1/s1. The molecule has 1 aromatic carbocycles. The molecule has 38 heavy (non-hydrogen) atoms. The molecule has 11 heteroatoms. The van der Waals surface area contributed by atoms with Gasteiger partial charge in [0.15, 0.2) is 0 Å². The van der Waals surface area contributed by atoms with Crippen molar-refractivity contribution in [2.45, 2.75) is 62.8 Å². The third kappa shape index (κ3) is 5.77. The monoisotopic (exact) mass is 547 g/mol. The predicted molar refractivity (Wildman–Crippen MR) is 137 cm³/mol. The predicted octanol–water partition coefficient (Wildman–Crippen LogP) is 5.28. The second-order valence-corrected chi connectivity index (χ2v) is 10.5. The van der Waals surface area contributed by atoms with Crippen molar-refractivity contribution in [3.05, 3.63) is 64.3 Å². The number of likely N-dealkylation sites (tertiary alicyclic amines) is 1. The summed E-state index contributed by atoms with van der Waals surface area (Å²) in [6.07, 6.45) is 2.75. The highest BCUT2D eigenvalue weighted by Gasteiger charge is 2.35. The van der Waals surface area contributed by atoms with Crippen LogP contribution in [-0.2, 0) is 6.18 Å². The first-order chi connectivity index (χ1) is 18.2. The van der Waals surface area contributed by atoms with Gasteiger partial charge in [-0.05, 0) is 63.4 Å². The average Bonchev–Trinajstić information content (AvgIpc) is 3.35. The third-order valence-corrected chi connectivity index (χ3v) is 7.80. The van der Waals surface area contributed by atoms with E-state index in [2.05, 4.69) is 20.2 Å². The summed E-state index contributed by atoms with van der Waals surface area (Å²) in [5.74, 6) is -1.40. The van der Waals surface area contributed by atoms with Gasteiger partial charge in [0.05, 0.1) is 28.2 Å². The molecule has 1 aliphatic heterocycles. The van der Waals surface area contributed by atoms with Gasteiger partial charge in [-0.2, -0.15) is 13.2 Å². The Balaban J connectivity index is 1.38. The Morgan fingerprint density at radius 3 is 2.50 bits per heavy atom. The van der Waals surface area contributed by atoms with Crippen molar-refractivity contribution >= 4 is 28.4 Å². The largest absolute Gasteiger partial charge is 0.451 e. The number of piperidine rings is 1. The van der Waals surface area contributed by atoms with E-state index < -0.39 is 12.0 Å². The van der Waals surface area contributed by atoms with Gasteiger partial charge in [-0.15, -0.1) is 0 Å². The summed E-state index contributed by atoms with van der Waals surface area (Å²) < 4.78 is 39.0. The molecule has 0 radical (unpaired) electrons. The fraction of sp³-hybridized carbons (Fsp3) is 0.481. The smallest absolute Gasteiger partial charge is 0.393 e. The molecule has 1 aliphatic carbocycles. The van der Waals surface area contributed by atoms with Crippen molar-refractivity contribution in [3.63, 3.8) is 0 Å². The quantitative estimate of drug-likeness (QED) is 0.436. The molecular formula is C27H29ClF3N5O2. The third-order valence-electron chi connectivity index (χ3n) is 7.49. The molecule has 2 fully saturated rings. The number of rotatable bonds is 6. The van der Waals surface area contributed by atoms with Crippen molar-refractivity contribution in [1.82, 2.24) is 25.2 Å². The van der Waals surface area contributed by atoms with E-state index in [1.54, 1.807) is 12.1 Å². The van der Waals surface area contributed by atoms with E-state index in [4.69, 9.17) is 16.6 Å². The lowest BCUT2D eigenvalue weighted by atomic mass is 10.0. The van der Waals surface area contributed by atoms with Crippen LogP contribution >= 0.6 is 11.6 Å². The number of hydrogen-bond donors (Lipinski definition) is 2. The second-order valence-electron chi connectivity index (χ2n) is 10.0. The Morgan fingerprint density at radius 1 is 1.11 bits per heavy atom. The number of halogens is 4. The number of hydrogen-bond acceptors (Lipinski definition) is 6. The normalized spacial score (nSPS) is 21.5. The first-order valence-electron chi connectivity index (χ1n) is 12.9. The number of carbonyl (C=O) groups is 1. The van der Waals surface area contributed by atoms with Gasteiger partial charge in [0.2, 0.25) is 5.82 Å². The highest BCUT2D eigenvalue weighted by Crippen LogP contribution is 2.35. The van der Waals surface area contributed by atoms with Crippen molar-refractivity contribution in [2.24, 2.45) is 0 Å². The number of fused-ring (bicyclic) bond motifs is 1. The van der Waals surface area contributed by atoms with Crippen LogP contribution in [-0.4, -0.2) is 56.6 Å². The van der Waals surface area contributed by atoms with Crippen LogP contribution in [0.1, 0.15) is 77.9 Å². The minimum absolute atomic E-state index is 0.158. The molecule has 3 heterocycles. The van der Waals surface area contributed by atoms with E-state index in [-0.39, 0.29) is 35.5 Å². The Bertz CT molecular complexity index is 1300. The summed E-state index contributed by atoms with van der Waals surface area (Å²) in [5, 5.41) is 13.7. The van der Waals surface area contributed by atoms with E-state index in [0.29, 0.717) is 28.5 Å². The van der Waals surface area contributed by atoms with Gasteiger partial charge in [-0.25, -0.2) is 9.97 Å². The molecule has 2 aromatic heterocycles. The first-order valence-corrected chi connectivity index (χ1v) is 13.3. The summed E-state index contributed by atoms with van der Waals surface area (Å²) in [6, 6.07) is 6.77. The number of carbonyl (C=O) groups excluding carboxylic acids is 1. The molecule has 2 N–H and O–H groups in total. The fourth-order valence-corrected chi connectivity index (χ4v) is 5.75. The zero-order chi connectivity index (χ0) is 26.9. The summed E-state index contributed by atoms with van der Waals surface area (Å²) in [7, 11) is 0. The molecule has 0 bridgehead atoms. The zero-order valence-corrected chi connectivity index (χ0v) is 21.5. The zero-order valence-electron chi connectivity index (χ0n) is 20.7. The van der Waals surface area contributed by atoms with Crippen molar-refractivity contribution in [3.8, 4) is 0 Å². The van der Waals surface area contributed by atoms with Crippen molar-refractivity contribution < 1.29 is 23.1 Å². The van der Waals surface area contributed by atoms with Crippen molar-refractivity contribution in [1.29, 1.82) is 0 Å². The topological polar surface area (TPSA) is 91.2 Å². The molecule has 3 atom stereocenters. The molecule has 5 rings (SSSR count). The van der Waals surface area contributed by atoms with Gasteiger partial charge in [-0.1, -0.05) is 24.1 Å². The van der Waals surface area contributed by atoms with Gasteiger partial charge in [-0.3, -0.25) is 14.7 Å². The van der Waals surface area contributed by atoms with Crippen LogP contribution in [0, 0.1) is 0 Å². The fourth-order valence-electron chi connectivity index (χ4n) is 5.50. The number of nitrogens with zero attached hydrogens (tertiary/aromatic N) is 4. The molecule has 202 valence electrons. The minimum Gasteiger partial charge on any atom is -0.393 e. The second kappa shape index (κ2) is 11.1. The van der Waals surface area contributed by atoms with Crippen LogP contribution < -0.4 is 5.32 Å². The maximum atomic E-state index is 13.4. The number of aliphatic hydroxyl groups excluding tert-OH is 1. The van der Waals surface area contributed by atoms with Crippen LogP contribution in [0.25, 0.3) is 10.9 Å². The Hall–Kier alpha value is -2.82. The summed E-state index contributed by atoms with van der Waals surface area (Å²) in [6.45, 7) is 1.68. The van der Waals surface area contributed by atoms with Crippen LogP contribution in [0.5, 0.6) is 0 Å². The lowest BCUT2D eigenvalue weighted by Gasteiger charge is -2.34. The lowest BCUT2D eigenvalue weighted by molar-refractivity contribution is -0.145. The Labute approximate surface area is 223 Å². The molecule has 2 unspecified atom stereocenters. The SMILES string of the molecule is O=C(NCC(c1cnc(C(F)(F)F)nc1)N1CCCCC1)c1c(Cl)ccc2nc(C3CC[C@@H](O)C3)ccc12. The average molecular weight is 548 g/mol. The highest BCUT2D eigenvalue weighted by atomic mass is 35.5. The van der Waals surface area contributed by atoms with E-state index in [0.717, 1.165) is 50.9 Å². The molecule has 0 spiro atoms. The Kier molecular flexibility index (Phi) is 7.83. The first kappa shape index (κ1) is 26.8. The molecule has 1 saturated carbocycles.